The van der Waals surface area contributed by atoms with Gasteiger partial charge in [-0.2, -0.15) is 0 Å². The molecule has 3 nitrogen and oxygen atoms in total. The van der Waals surface area contributed by atoms with Gasteiger partial charge in [0, 0.05) is 28.2 Å². The Kier molecular flexibility index (Phi) is 8.38. The molecular formula is C27H36Br2O3. The minimum absolute atomic E-state index is 0.0480. The Morgan fingerprint density at radius 1 is 0.656 bits per heavy atom. The van der Waals surface area contributed by atoms with Crippen molar-refractivity contribution in [3.8, 4) is 11.5 Å². The van der Waals surface area contributed by atoms with Crippen molar-refractivity contribution in [3.05, 3.63) is 57.6 Å². The molecule has 0 radical (unpaired) electrons. The summed E-state index contributed by atoms with van der Waals surface area (Å²) in [6.45, 7) is 15.7. The van der Waals surface area contributed by atoms with E-state index in [2.05, 4.69) is 97.7 Å². The summed E-state index contributed by atoms with van der Waals surface area (Å²) in [4.78, 5) is 0. The SMILES string of the molecule is CC(C)(C)c1cc(CBr)c2c(c1)Cc1cc(C(C)(C)C)cc(CBr)c1OCCOCCO2. The molecule has 2 aromatic carbocycles. The van der Waals surface area contributed by atoms with E-state index in [9.17, 15) is 0 Å². The summed E-state index contributed by atoms with van der Waals surface area (Å²) >= 11 is 7.39. The second kappa shape index (κ2) is 10.5. The van der Waals surface area contributed by atoms with Crippen LogP contribution < -0.4 is 9.47 Å². The number of alkyl halides is 2. The highest BCUT2D eigenvalue weighted by Crippen LogP contribution is 2.39. The highest BCUT2D eigenvalue weighted by atomic mass is 79.9. The van der Waals surface area contributed by atoms with Gasteiger partial charge < -0.3 is 14.2 Å². The van der Waals surface area contributed by atoms with Crippen LogP contribution in [-0.2, 0) is 32.6 Å². The van der Waals surface area contributed by atoms with Gasteiger partial charge in [-0.1, -0.05) is 97.7 Å². The van der Waals surface area contributed by atoms with E-state index in [-0.39, 0.29) is 10.8 Å². The first-order valence-corrected chi connectivity index (χ1v) is 13.6. The summed E-state index contributed by atoms with van der Waals surface area (Å²) in [5.74, 6) is 1.93. The zero-order valence-electron chi connectivity index (χ0n) is 20.2. The van der Waals surface area contributed by atoms with Gasteiger partial charge in [-0.15, -0.1) is 0 Å². The van der Waals surface area contributed by atoms with Crippen molar-refractivity contribution in [2.45, 2.75) is 69.5 Å². The van der Waals surface area contributed by atoms with Gasteiger partial charge in [-0.05, 0) is 33.1 Å². The Morgan fingerprint density at radius 3 is 1.41 bits per heavy atom. The standard InChI is InChI=1S/C27H36Br2O3/c1-26(2,3)22-12-18-11-19-13-23(27(4,5)6)15-21(17-29)25(19)32-10-8-30-7-9-31-24(18)20(14-22)16-28/h12-15H,7-11,16-17H2,1-6H3. The van der Waals surface area contributed by atoms with Gasteiger partial charge in [0.05, 0.1) is 13.2 Å². The van der Waals surface area contributed by atoms with Crippen molar-refractivity contribution in [2.24, 2.45) is 0 Å². The van der Waals surface area contributed by atoms with Crippen LogP contribution in [0.4, 0.5) is 0 Å². The van der Waals surface area contributed by atoms with E-state index in [1.54, 1.807) is 0 Å². The lowest BCUT2D eigenvalue weighted by Crippen LogP contribution is -2.18. The van der Waals surface area contributed by atoms with Gasteiger partial charge in [-0.25, -0.2) is 0 Å². The van der Waals surface area contributed by atoms with Crippen LogP contribution in [0.15, 0.2) is 24.3 Å². The molecule has 176 valence electrons. The molecule has 0 amide bonds. The van der Waals surface area contributed by atoms with Gasteiger partial charge in [0.1, 0.15) is 24.7 Å². The third-order valence-electron chi connectivity index (χ3n) is 5.83. The molecule has 5 heteroatoms. The minimum Gasteiger partial charge on any atom is -0.491 e. The van der Waals surface area contributed by atoms with E-state index in [1.807, 2.05) is 0 Å². The maximum Gasteiger partial charge on any atom is 0.127 e. The summed E-state index contributed by atoms with van der Waals surface area (Å²) in [6, 6.07) is 9.17. The highest BCUT2D eigenvalue weighted by Gasteiger charge is 2.24. The lowest BCUT2D eigenvalue weighted by molar-refractivity contribution is 0.0750. The molecule has 3 rings (SSSR count). The molecule has 0 saturated carbocycles. The lowest BCUT2D eigenvalue weighted by atomic mass is 9.82. The molecule has 0 atom stereocenters. The molecule has 0 saturated heterocycles. The number of ether oxygens (including phenoxy) is 3. The molecule has 0 N–H and O–H groups in total. The summed E-state index contributed by atoms with van der Waals surface area (Å²) in [5.41, 5.74) is 7.48. The highest BCUT2D eigenvalue weighted by molar-refractivity contribution is 9.08. The summed E-state index contributed by atoms with van der Waals surface area (Å²) in [5, 5.41) is 1.50. The van der Waals surface area contributed by atoms with Crippen molar-refractivity contribution in [3.63, 3.8) is 0 Å². The van der Waals surface area contributed by atoms with Gasteiger partial charge in [0.25, 0.3) is 0 Å². The fourth-order valence-corrected chi connectivity index (χ4v) is 4.75. The molecule has 2 aromatic rings. The fraction of sp³-hybridized carbons (Fsp3) is 0.556. The van der Waals surface area contributed by atoms with Gasteiger partial charge in [0.15, 0.2) is 0 Å². The first kappa shape index (κ1) is 25.6. The number of hydrogen-bond acceptors (Lipinski definition) is 3. The average Bonchev–Trinajstić information content (AvgIpc) is 2.71. The number of halogens is 2. The lowest BCUT2D eigenvalue weighted by Gasteiger charge is -2.26. The summed E-state index contributed by atoms with van der Waals surface area (Å²) < 4.78 is 18.4. The number of hydrogen-bond donors (Lipinski definition) is 0. The van der Waals surface area contributed by atoms with Crippen molar-refractivity contribution in [1.29, 1.82) is 0 Å². The number of rotatable bonds is 2. The Bertz CT molecular complexity index is 864. The molecule has 1 aliphatic heterocycles. The van der Waals surface area contributed by atoms with Gasteiger partial charge in [-0.3, -0.25) is 0 Å². The fourth-order valence-electron chi connectivity index (χ4n) is 3.92. The van der Waals surface area contributed by atoms with Crippen LogP contribution in [-0.4, -0.2) is 26.4 Å². The maximum atomic E-state index is 6.31. The van der Waals surface area contributed by atoms with E-state index < -0.39 is 0 Å². The molecule has 0 aliphatic carbocycles. The van der Waals surface area contributed by atoms with Crippen LogP contribution in [0.2, 0.25) is 0 Å². The van der Waals surface area contributed by atoms with Crippen LogP contribution in [0.1, 0.15) is 74.9 Å². The predicted molar refractivity (Wildman–Crippen MR) is 140 cm³/mol. The van der Waals surface area contributed by atoms with Crippen molar-refractivity contribution < 1.29 is 14.2 Å². The third-order valence-corrected chi connectivity index (χ3v) is 7.04. The largest absolute Gasteiger partial charge is 0.491 e. The predicted octanol–water partition coefficient (Wildman–Crippen LogP) is 7.45. The van der Waals surface area contributed by atoms with E-state index >= 15 is 0 Å². The molecular weight excluding hydrogens is 532 g/mol. The smallest absolute Gasteiger partial charge is 0.127 e. The molecule has 1 heterocycles. The third kappa shape index (κ3) is 6.09. The molecule has 0 bridgehead atoms. The number of fused-ring (bicyclic) bond motifs is 2. The van der Waals surface area contributed by atoms with Crippen molar-refractivity contribution in [2.75, 3.05) is 26.4 Å². The molecule has 1 aliphatic rings. The first-order chi connectivity index (χ1) is 15.0. The van der Waals surface area contributed by atoms with E-state index in [4.69, 9.17) is 14.2 Å². The Labute approximate surface area is 210 Å². The van der Waals surface area contributed by atoms with E-state index in [0.29, 0.717) is 26.4 Å². The van der Waals surface area contributed by atoms with Crippen molar-refractivity contribution in [1.82, 2.24) is 0 Å². The minimum atomic E-state index is 0.0480. The summed E-state index contributed by atoms with van der Waals surface area (Å²) in [6.07, 6.45) is 0.763. The Morgan fingerprint density at radius 2 is 1.06 bits per heavy atom. The second-order valence-corrected chi connectivity index (χ2v) is 11.6. The Balaban J connectivity index is 2.23. The van der Waals surface area contributed by atoms with Crippen LogP contribution in [0.25, 0.3) is 0 Å². The molecule has 0 spiro atoms. The molecule has 0 fully saturated rings. The monoisotopic (exact) mass is 566 g/mol. The zero-order valence-corrected chi connectivity index (χ0v) is 23.4. The van der Waals surface area contributed by atoms with Crippen molar-refractivity contribution >= 4 is 31.9 Å². The zero-order chi connectivity index (χ0) is 23.5. The molecule has 0 aromatic heterocycles. The van der Waals surface area contributed by atoms with Crippen LogP contribution in [0.5, 0.6) is 11.5 Å². The first-order valence-electron chi connectivity index (χ1n) is 11.3. The van der Waals surface area contributed by atoms with Gasteiger partial charge in [0.2, 0.25) is 0 Å². The van der Waals surface area contributed by atoms with Crippen LogP contribution >= 0.6 is 31.9 Å². The molecule has 32 heavy (non-hydrogen) atoms. The van der Waals surface area contributed by atoms with Gasteiger partial charge >= 0.3 is 0 Å². The molecule has 0 unspecified atom stereocenters. The van der Waals surface area contributed by atoms with E-state index in [1.165, 1.54) is 33.4 Å². The quantitative estimate of drug-likeness (QED) is 0.353. The van der Waals surface area contributed by atoms with E-state index in [0.717, 1.165) is 28.6 Å². The Hall–Kier alpha value is -1.04. The summed E-state index contributed by atoms with van der Waals surface area (Å²) in [7, 11) is 0. The second-order valence-electron chi connectivity index (χ2n) is 10.5. The average molecular weight is 568 g/mol. The number of benzene rings is 2. The topological polar surface area (TPSA) is 27.7 Å². The van der Waals surface area contributed by atoms with Crippen LogP contribution in [0, 0.1) is 0 Å². The maximum absolute atomic E-state index is 6.31. The van der Waals surface area contributed by atoms with Crippen LogP contribution in [0.3, 0.4) is 0 Å². The normalized spacial score (nSPS) is 15.5.